The molecule has 1 aromatic rings. The molecule has 5 fully saturated rings. The summed E-state index contributed by atoms with van der Waals surface area (Å²) in [5.74, 6) is 4.31. The Morgan fingerprint density at radius 2 is 1.78 bits per heavy atom. The number of phenolic OH excluding ortho intramolecular Hbond substituents is 1. The van der Waals surface area contributed by atoms with Crippen molar-refractivity contribution < 1.29 is 14.9 Å². The van der Waals surface area contributed by atoms with Crippen LogP contribution in [0.5, 0.6) is 5.75 Å². The smallest absolute Gasteiger partial charge is 0.206 e. The van der Waals surface area contributed by atoms with Gasteiger partial charge in [-0.15, -0.1) is 11.8 Å². The predicted molar refractivity (Wildman–Crippen MR) is 89.9 cm³/mol. The van der Waals surface area contributed by atoms with Crippen LogP contribution in [0.15, 0.2) is 24.3 Å². The number of aromatic hydroxyl groups is 1. The van der Waals surface area contributed by atoms with Crippen LogP contribution in [0.25, 0.3) is 0 Å². The minimum absolute atomic E-state index is 0.186. The van der Waals surface area contributed by atoms with Gasteiger partial charge < -0.3 is 5.11 Å². The van der Waals surface area contributed by atoms with E-state index in [1.54, 1.807) is 6.07 Å². The summed E-state index contributed by atoms with van der Waals surface area (Å²) in [4.78, 5) is 11.5. The average Bonchev–Trinajstić information content (AvgIpc) is 2.50. The summed E-state index contributed by atoms with van der Waals surface area (Å²) in [5.41, 5.74) is 0.887. The molecule has 1 spiro atoms. The van der Waals surface area contributed by atoms with Crippen LogP contribution in [0.2, 0.25) is 0 Å². The first kappa shape index (κ1) is 14.6. The topological polar surface area (TPSA) is 38.7 Å². The van der Waals surface area contributed by atoms with Crippen LogP contribution < -0.4 is 0 Å². The van der Waals surface area contributed by atoms with Crippen molar-refractivity contribution >= 4 is 11.8 Å². The van der Waals surface area contributed by atoms with Gasteiger partial charge in [-0.1, -0.05) is 19.1 Å². The van der Waals surface area contributed by atoms with Crippen molar-refractivity contribution in [1.29, 1.82) is 0 Å². The van der Waals surface area contributed by atoms with Gasteiger partial charge in [0.05, 0.1) is 0 Å². The fourth-order valence-corrected chi connectivity index (χ4v) is 7.55. The molecule has 1 N–H and O–H groups in total. The van der Waals surface area contributed by atoms with Crippen molar-refractivity contribution in [2.75, 3.05) is 5.75 Å². The number of rotatable bonds is 3. The van der Waals surface area contributed by atoms with Gasteiger partial charge in [0.1, 0.15) is 5.75 Å². The Morgan fingerprint density at radius 3 is 2.30 bits per heavy atom. The normalized spacial score (nSPS) is 47.0. The van der Waals surface area contributed by atoms with E-state index in [4.69, 9.17) is 9.78 Å². The van der Waals surface area contributed by atoms with Crippen LogP contribution in [-0.4, -0.2) is 16.5 Å². The van der Waals surface area contributed by atoms with Crippen LogP contribution in [-0.2, 0) is 14.7 Å². The lowest BCUT2D eigenvalue weighted by atomic mass is 9.47. The Kier molecular flexibility index (Phi) is 3.11. The second-order valence-electron chi connectivity index (χ2n) is 7.86. The quantitative estimate of drug-likeness (QED) is 0.830. The molecule has 1 aromatic carbocycles. The van der Waals surface area contributed by atoms with E-state index >= 15 is 0 Å². The molecule has 4 heteroatoms. The van der Waals surface area contributed by atoms with Crippen LogP contribution in [0, 0.1) is 23.7 Å². The zero-order valence-corrected chi connectivity index (χ0v) is 14.3. The molecule has 1 aliphatic heterocycles. The molecule has 124 valence electrons. The Hall–Kier alpha value is -0.710. The predicted octanol–water partition coefficient (Wildman–Crippen LogP) is 4.45. The molecule has 3 nitrogen and oxygen atoms in total. The molecule has 4 saturated carbocycles. The van der Waals surface area contributed by atoms with E-state index in [1.807, 2.05) is 23.9 Å². The Bertz CT molecular complexity index is 603. The molecule has 5 aliphatic rings. The van der Waals surface area contributed by atoms with Crippen LogP contribution in [0.4, 0.5) is 0 Å². The third kappa shape index (κ3) is 1.75. The van der Waals surface area contributed by atoms with Gasteiger partial charge in [-0.2, -0.15) is 0 Å². The minimum Gasteiger partial charge on any atom is -0.508 e. The summed E-state index contributed by atoms with van der Waals surface area (Å²) >= 11 is 1.85. The van der Waals surface area contributed by atoms with E-state index in [0.29, 0.717) is 17.6 Å². The van der Waals surface area contributed by atoms with E-state index in [-0.39, 0.29) is 5.60 Å². The Morgan fingerprint density at radius 1 is 1.09 bits per heavy atom. The summed E-state index contributed by atoms with van der Waals surface area (Å²) < 4.78 is 0. The molecule has 0 amide bonds. The maximum Gasteiger partial charge on any atom is 0.206 e. The Balaban J connectivity index is 1.62. The standard InChI is InChI=1S/C19H24O3S/c1-2-23-19(14-4-3-5-17(20)11-14)18(21-22-19)15-7-12-6-13(9-15)10-16(18)8-12/h3-5,11-13,15-16,20H,2,6-10H2,1H3. The first-order valence-electron chi connectivity index (χ1n) is 8.98. The highest BCUT2D eigenvalue weighted by Crippen LogP contribution is 2.71. The summed E-state index contributed by atoms with van der Waals surface area (Å²) in [7, 11) is 0. The number of thioether (sulfide) groups is 1. The van der Waals surface area contributed by atoms with Crippen molar-refractivity contribution in [3.05, 3.63) is 29.8 Å². The van der Waals surface area contributed by atoms with Crippen molar-refractivity contribution in [2.45, 2.75) is 49.6 Å². The molecule has 23 heavy (non-hydrogen) atoms. The summed E-state index contributed by atoms with van der Waals surface area (Å²) in [6, 6.07) is 7.63. The Labute approximate surface area is 141 Å². The molecule has 1 atom stereocenters. The van der Waals surface area contributed by atoms with Gasteiger partial charge in [-0.05, 0) is 73.7 Å². The van der Waals surface area contributed by atoms with Gasteiger partial charge in [0.15, 0.2) is 5.60 Å². The molecule has 0 aromatic heterocycles. The molecule has 1 unspecified atom stereocenters. The monoisotopic (exact) mass is 332 g/mol. The van der Waals surface area contributed by atoms with Crippen LogP contribution >= 0.6 is 11.8 Å². The van der Waals surface area contributed by atoms with Crippen LogP contribution in [0.3, 0.4) is 0 Å². The zero-order valence-electron chi connectivity index (χ0n) is 13.5. The van der Waals surface area contributed by atoms with Gasteiger partial charge in [-0.3, -0.25) is 0 Å². The van der Waals surface area contributed by atoms with Gasteiger partial charge in [0, 0.05) is 5.56 Å². The second-order valence-corrected chi connectivity index (χ2v) is 9.31. The van der Waals surface area contributed by atoms with Crippen molar-refractivity contribution in [3.8, 4) is 5.75 Å². The highest BCUT2D eigenvalue weighted by atomic mass is 32.2. The third-order valence-corrected chi connectivity index (χ3v) is 8.05. The molecule has 6 rings (SSSR count). The summed E-state index contributed by atoms with van der Waals surface area (Å²) in [6.45, 7) is 2.18. The lowest BCUT2D eigenvalue weighted by Gasteiger charge is -2.69. The maximum absolute atomic E-state index is 10.00. The van der Waals surface area contributed by atoms with Crippen molar-refractivity contribution in [2.24, 2.45) is 23.7 Å². The summed E-state index contributed by atoms with van der Waals surface area (Å²) in [5, 5.41) is 10.00. The number of hydrogen-bond donors (Lipinski definition) is 1. The van der Waals surface area contributed by atoms with Crippen molar-refractivity contribution in [1.82, 2.24) is 0 Å². The molecule has 0 radical (unpaired) electrons. The summed E-state index contributed by atoms with van der Waals surface area (Å²) in [6.07, 6.45) is 6.61. The van der Waals surface area contributed by atoms with Gasteiger partial charge in [0.25, 0.3) is 0 Å². The first-order chi connectivity index (χ1) is 11.2. The maximum atomic E-state index is 10.00. The fourth-order valence-electron chi connectivity index (χ4n) is 6.18. The zero-order chi connectivity index (χ0) is 15.7. The molecular formula is C19H24O3S. The first-order valence-corrected chi connectivity index (χ1v) is 9.97. The third-order valence-electron chi connectivity index (χ3n) is 6.74. The van der Waals surface area contributed by atoms with Crippen LogP contribution in [0.1, 0.15) is 44.6 Å². The molecular weight excluding hydrogens is 308 g/mol. The molecule has 4 aliphatic carbocycles. The van der Waals surface area contributed by atoms with Crippen molar-refractivity contribution in [3.63, 3.8) is 0 Å². The van der Waals surface area contributed by atoms with E-state index in [1.165, 1.54) is 32.1 Å². The lowest BCUT2D eigenvalue weighted by molar-refractivity contribution is -0.566. The van der Waals surface area contributed by atoms with Gasteiger partial charge in [-0.25, -0.2) is 9.78 Å². The largest absolute Gasteiger partial charge is 0.508 e. The van der Waals surface area contributed by atoms with Gasteiger partial charge in [0.2, 0.25) is 4.93 Å². The highest BCUT2D eigenvalue weighted by molar-refractivity contribution is 8.00. The average molecular weight is 332 g/mol. The fraction of sp³-hybridized carbons (Fsp3) is 0.684. The molecule has 1 heterocycles. The second kappa shape index (κ2) is 4.90. The van der Waals surface area contributed by atoms with E-state index < -0.39 is 4.93 Å². The number of benzene rings is 1. The molecule has 4 bridgehead atoms. The number of phenols is 1. The molecule has 1 saturated heterocycles. The minimum atomic E-state index is -0.441. The lowest BCUT2D eigenvalue weighted by Crippen LogP contribution is -2.74. The highest BCUT2D eigenvalue weighted by Gasteiger charge is 2.75. The van der Waals surface area contributed by atoms with E-state index in [2.05, 4.69) is 13.0 Å². The SMILES string of the molecule is CCSC1(c2cccc(O)c2)OOC12C1CC3CC(C1)CC2C3. The van der Waals surface area contributed by atoms with E-state index in [9.17, 15) is 5.11 Å². The number of hydrogen-bond acceptors (Lipinski definition) is 4. The van der Waals surface area contributed by atoms with Gasteiger partial charge >= 0.3 is 0 Å². The van der Waals surface area contributed by atoms with E-state index in [0.717, 1.165) is 23.2 Å².